The van der Waals surface area contributed by atoms with Gasteiger partial charge in [0.15, 0.2) is 11.5 Å². The van der Waals surface area contributed by atoms with Crippen molar-refractivity contribution in [3.8, 4) is 0 Å². The average Bonchev–Trinajstić information content (AvgIpc) is 2.90. The molecule has 2 atom stereocenters. The van der Waals surface area contributed by atoms with Gasteiger partial charge < -0.3 is 15.5 Å². The van der Waals surface area contributed by atoms with Crippen LogP contribution in [0.2, 0.25) is 0 Å². The molecule has 0 aromatic heterocycles. The highest BCUT2D eigenvalue weighted by atomic mass is 35.5. The zero-order valence-electron chi connectivity index (χ0n) is 12.2. The van der Waals surface area contributed by atoms with Gasteiger partial charge in [-0.05, 0) is 33.1 Å². The molecule has 2 heterocycles. The van der Waals surface area contributed by atoms with Gasteiger partial charge in [0, 0.05) is 25.2 Å². The predicted molar refractivity (Wildman–Crippen MR) is 83.4 cm³/mol. The molecular weight excluding hydrogens is 315 g/mol. The molecule has 8 heteroatoms. The first kappa shape index (κ1) is 16.2. The minimum absolute atomic E-state index is 0.0645. The second-order valence-electron chi connectivity index (χ2n) is 5.48. The Morgan fingerprint density at radius 1 is 1.24 bits per heavy atom. The Balaban J connectivity index is 2.49. The fraction of sp³-hybridized carbons (Fsp3) is 0.692. The predicted octanol–water partition coefficient (Wildman–Crippen LogP) is 2.53. The molecule has 2 aliphatic rings. The van der Waals surface area contributed by atoms with Crippen LogP contribution in [0.25, 0.3) is 0 Å². The van der Waals surface area contributed by atoms with Crippen molar-refractivity contribution in [3.05, 3.63) is 31.8 Å². The van der Waals surface area contributed by atoms with Crippen molar-refractivity contribution in [3.63, 3.8) is 0 Å². The largest absolute Gasteiger partial charge is 0.364 e. The number of piperidine rings is 1. The third-order valence-electron chi connectivity index (χ3n) is 4.00. The third-order valence-corrected chi connectivity index (χ3v) is 4.36. The van der Waals surface area contributed by atoms with Gasteiger partial charge in [-0.1, -0.05) is 23.2 Å². The molecule has 118 valence electrons. The van der Waals surface area contributed by atoms with E-state index in [4.69, 9.17) is 23.2 Å². The van der Waals surface area contributed by atoms with Crippen LogP contribution in [0.3, 0.4) is 0 Å². The molecule has 2 aliphatic heterocycles. The van der Waals surface area contributed by atoms with E-state index in [0.29, 0.717) is 24.6 Å². The van der Waals surface area contributed by atoms with Gasteiger partial charge in [0.25, 0.3) is 0 Å². The van der Waals surface area contributed by atoms with Crippen molar-refractivity contribution in [2.45, 2.75) is 45.2 Å². The van der Waals surface area contributed by atoms with Crippen molar-refractivity contribution < 1.29 is 4.92 Å². The first-order valence-corrected chi connectivity index (χ1v) is 7.89. The molecule has 2 fully saturated rings. The lowest BCUT2D eigenvalue weighted by molar-refractivity contribution is -0.424. The molecule has 2 rings (SSSR count). The lowest BCUT2D eigenvalue weighted by atomic mass is 9.96. The van der Waals surface area contributed by atoms with Crippen LogP contribution < -0.4 is 10.6 Å². The standard InChI is InChI=1S/C13H20Cl2N4O2/c1-8-4-3-5-9(2)18(8)10(12(14)15)11(19(20)21)13-16-6-7-17-13/h8-9,16-17H,3-7H2,1-2H3/t8-,9-/m1/s1. The summed E-state index contributed by atoms with van der Waals surface area (Å²) in [6.07, 6.45) is 3.04. The smallest absolute Gasteiger partial charge is 0.334 e. The summed E-state index contributed by atoms with van der Waals surface area (Å²) in [5, 5.41) is 17.6. The molecule has 0 aromatic rings. The lowest BCUT2D eigenvalue weighted by Gasteiger charge is -2.41. The van der Waals surface area contributed by atoms with E-state index in [1.165, 1.54) is 0 Å². The molecule has 0 unspecified atom stereocenters. The van der Waals surface area contributed by atoms with Crippen LogP contribution in [0, 0.1) is 10.1 Å². The number of rotatable bonds is 3. The number of hydrogen-bond donors (Lipinski definition) is 2. The minimum Gasteiger partial charge on any atom is -0.364 e. The van der Waals surface area contributed by atoms with Gasteiger partial charge in [0.1, 0.15) is 4.49 Å². The molecule has 2 N–H and O–H groups in total. The van der Waals surface area contributed by atoms with Gasteiger partial charge in [-0.15, -0.1) is 0 Å². The highest BCUT2D eigenvalue weighted by Gasteiger charge is 2.37. The number of likely N-dealkylation sites (tertiary alicyclic amines) is 1. The van der Waals surface area contributed by atoms with Gasteiger partial charge in [0.2, 0.25) is 0 Å². The number of halogens is 2. The average molecular weight is 335 g/mol. The first-order valence-electron chi connectivity index (χ1n) is 7.14. The van der Waals surface area contributed by atoms with E-state index in [9.17, 15) is 10.1 Å². The van der Waals surface area contributed by atoms with Gasteiger partial charge in [-0.3, -0.25) is 10.1 Å². The molecule has 0 radical (unpaired) electrons. The van der Waals surface area contributed by atoms with Crippen molar-refractivity contribution in [1.82, 2.24) is 15.5 Å². The molecule has 0 bridgehead atoms. The van der Waals surface area contributed by atoms with E-state index >= 15 is 0 Å². The highest BCUT2D eigenvalue weighted by Crippen LogP contribution is 2.35. The number of nitrogens with zero attached hydrogens (tertiary/aromatic N) is 2. The Hall–Kier alpha value is -1.14. The van der Waals surface area contributed by atoms with Crippen molar-refractivity contribution in [2.24, 2.45) is 0 Å². The Morgan fingerprint density at radius 3 is 2.19 bits per heavy atom. The summed E-state index contributed by atoms with van der Waals surface area (Å²) in [6, 6.07) is 0.321. The van der Waals surface area contributed by atoms with Crippen molar-refractivity contribution >= 4 is 23.2 Å². The van der Waals surface area contributed by atoms with Gasteiger partial charge in [-0.2, -0.15) is 0 Å². The van der Waals surface area contributed by atoms with Crippen LogP contribution in [0.4, 0.5) is 0 Å². The normalized spacial score (nSPS) is 25.1. The highest BCUT2D eigenvalue weighted by molar-refractivity contribution is 6.56. The maximum atomic E-state index is 11.6. The molecule has 0 amide bonds. The van der Waals surface area contributed by atoms with Crippen LogP contribution >= 0.6 is 23.2 Å². The molecule has 0 aromatic carbocycles. The first-order chi connectivity index (χ1) is 9.93. The molecule has 0 aliphatic carbocycles. The van der Waals surface area contributed by atoms with Crippen LogP contribution in [0.5, 0.6) is 0 Å². The lowest BCUT2D eigenvalue weighted by Crippen LogP contribution is -2.44. The summed E-state index contributed by atoms with van der Waals surface area (Å²) in [6.45, 7) is 5.38. The molecule has 6 nitrogen and oxygen atoms in total. The van der Waals surface area contributed by atoms with E-state index in [1.54, 1.807) is 0 Å². The minimum atomic E-state index is -0.422. The Bertz CT molecular complexity index is 471. The van der Waals surface area contributed by atoms with Crippen LogP contribution in [-0.2, 0) is 0 Å². The van der Waals surface area contributed by atoms with E-state index in [0.717, 1.165) is 19.3 Å². The zero-order valence-corrected chi connectivity index (χ0v) is 13.7. The molecule has 21 heavy (non-hydrogen) atoms. The summed E-state index contributed by atoms with van der Waals surface area (Å²) in [5.41, 5.74) is 0.230. The second kappa shape index (κ2) is 6.75. The quantitative estimate of drug-likeness (QED) is 0.613. The van der Waals surface area contributed by atoms with Gasteiger partial charge in [0.05, 0.1) is 4.92 Å². The Morgan fingerprint density at radius 2 is 1.76 bits per heavy atom. The summed E-state index contributed by atoms with van der Waals surface area (Å²) >= 11 is 12.1. The van der Waals surface area contributed by atoms with Crippen molar-refractivity contribution in [2.75, 3.05) is 13.1 Å². The summed E-state index contributed by atoms with van der Waals surface area (Å²) in [5.74, 6) is 0.388. The zero-order chi connectivity index (χ0) is 15.6. The molecular formula is C13H20Cl2N4O2. The van der Waals surface area contributed by atoms with Crippen LogP contribution in [0.15, 0.2) is 21.7 Å². The van der Waals surface area contributed by atoms with E-state index in [-0.39, 0.29) is 22.3 Å². The van der Waals surface area contributed by atoms with E-state index in [1.807, 2.05) is 18.7 Å². The SMILES string of the molecule is C[C@@H]1CCC[C@@H](C)N1C(=C(Cl)Cl)C(=C1NCCN1)[N+](=O)[O-]. The van der Waals surface area contributed by atoms with Crippen molar-refractivity contribution in [1.29, 1.82) is 0 Å². The van der Waals surface area contributed by atoms with Crippen LogP contribution in [-0.4, -0.2) is 35.0 Å². The maximum Gasteiger partial charge on any atom is 0.334 e. The van der Waals surface area contributed by atoms with Gasteiger partial charge in [-0.25, -0.2) is 0 Å². The van der Waals surface area contributed by atoms with Gasteiger partial charge >= 0.3 is 5.70 Å². The third kappa shape index (κ3) is 3.37. The summed E-state index contributed by atoms with van der Waals surface area (Å²) in [4.78, 5) is 13.1. The number of nitrogens with one attached hydrogen (secondary N) is 2. The van der Waals surface area contributed by atoms with E-state index in [2.05, 4.69) is 10.6 Å². The van der Waals surface area contributed by atoms with E-state index < -0.39 is 4.92 Å². The Kier molecular flexibility index (Phi) is 5.22. The maximum absolute atomic E-state index is 11.6. The monoisotopic (exact) mass is 334 g/mol. The fourth-order valence-electron chi connectivity index (χ4n) is 3.07. The second-order valence-corrected chi connectivity index (χ2v) is 6.43. The number of nitro groups is 1. The molecule has 2 saturated heterocycles. The summed E-state index contributed by atoms with van der Waals surface area (Å²) < 4.78 is -0.0645. The topological polar surface area (TPSA) is 70.4 Å². The Labute approximate surface area is 134 Å². The summed E-state index contributed by atoms with van der Waals surface area (Å²) in [7, 11) is 0. The number of hydrogen-bond acceptors (Lipinski definition) is 5. The fourth-order valence-corrected chi connectivity index (χ4v) is 3.45. The molecule has 0 saturated carbocycles. The molecule has 0 spiro atoms. The van der Waals surface area contributed by atoms with Crippen LogP contribution in [0.1, 0.15) is 33.1 Å².